The fraction of sp³-hybridized carbons (Fsp3) is 0.200. The van der Waals surface area contributed by atoms with Gasteiger partial charge in [0.1, 0.15) is 5.58 Å². The molecule has 0 N–H and O–H groups in total. The van der Waals surface area contributed by atoms with E-state index in [4.69, 9.17) is 4.42 Å². The van der Waals surface area contributed by atoms with Gasteiger partial charge >= 0.3 is 0 Å². The van der Waals surface area contributed by atoms with Crippen LogP contribution in [0.1, 0.15) is 39.8 Å². The molecule has 0 bridgehead atoms. The summed E-state index contributed by atoms with van der Waals surface area (Å²) in [5, 5.41) is 2.24. The number of benzene rings is 3. The van der Waals surface area contributed by atoms with Gasteiger partial charge in [-0.05, 0) is 62.7 Å². The van der Waals surface area contributed by atoms with Crippen molar-refractivity contribution in [2.75, 3.05) is 0 Å². The third-order valence-electron chi connectivity index (χ3n) is 7.67. The molecule has 3 nitrogen and oxygen atoms in total. The minimum Gasteiger partial charge on any atom is -0.501 e. The van der Waals surface area contributed by atoms with E-state index >= 15 is 0 Å². The molecule has 3 heterocycles. The van der Waals surface area contributed by atoms with Crippen LogP contribution in [0.5, 0.6) is 0 Å². The Morgan fingerprint density at radius 3 is 2.05 bits per heavy atom. The summed E-state index contributed by atoms with van der Waals surface area (Å²) in [6.45, 7) is 8.41. The second kappa shape index (κ2) is 11.3. The molecule has 1 aliphatic rings. The van der Waals surface area contributed by atoms with Gasteiger partial charge in [0, 0.05) is 37.9 Å². The third kappa shape index (κ3) is 5.20. The number of furan rings is 1. The van der Waals surface area contributed by atoms with E-state index in [1.807, 2.05) is 48.8 Å². The zero-order chi connectivity index (χ0) is 26.2. The van der Waals surface area contributed by atoms with Crippen LogP contribution in [0.25, 0.3) is 44.5 Å². The summed E-state index contributed by atoms with van der Waals surface area (Å²) >= 11 is 0. The van der Waals surface area contributed by atoms with Gasteiger partial charge in [0.25, 0.3) is 0 Å². The van der Waals surface area contributed by atoms with Gasteiger partial charge in [0.05, 0.1) is 5.58 Å². The van der Waals surface area contributed by atoms with Crippen LogP contribution >= 0.6 is 0 Å². The number of hydrogen-bond acceptors (Lipinski definition) is 3. The van der Waals surface area contributed by atoms with Gasteiger partial charge in [-0.15, -0.1) is 53.1 Å². The molecule has 6 aromatic rings. The molecule has 197 valence electrons. The maximum Gasteiger partial charge on any atom is 0.120 e. The maximum atomic E-state index is 6.04. The van der Waals surface area contributed by atoms with Crippen molar-refractivity contribution >= 4 is 21.9 Å². The first kappa shape index (κ1) is 27.0. The molecule has 39 heavy (non-hydrogen) atoms. The summed E-state index contributed by atoms with van der Waals surface area (Å²) in [5.74, 6) is 0. The molecule has 0 saturated heterocycles. The summed E-state index contributed by atoms with van der Waals surface area (Å²) in [5.41, 5.74) is 13.8. The topological polar surface area (TPSA) is 38.9 Å². The summed E-state index contributed by atoms with van der Waals surface area (Å²) in [4.78, 5) is 9.09. The van der Waals surface area contributed by atoms with Crippen molar-refractivity contribution in [3.05, 3.63) is 119 Å². The minimum absolute atomic E-state index is 0. The zero-order valence-electron chi connectivity index (χ0n) is 22.7. The average Bonchev–Trinajstić information content (AvgIpc) is 3.57. The number of para-hydroxylation sites is 1. The Bertz CT molecular complexity index is 1800. The van der Waals surface area contributed by atoms with Crippen LogP contribution in [-0.4, -0.2) is 9.97 Å². The molecule has 4 heteroatoms. The molecule has 1 aliphatic carbocycles. The minimum atomic E-state index is 0. The van der Waals surface area contributed by atoms with Crippen LogP contribution in [0.3, 0.4) is 0 Å². The molecule has 3 aromatic heterocycles. The Kier molecular flexibility index (Phi) is 7.79. The van der Waals surface area contributed by atoms with E-state index in [0.717, 1.165) is 38.9 Å². The van der Waals surface area contributed by atoms with Gasteiger partial charge in [0.2, 0.25) is 0 Å². The van der Waals surface area contributed by atoms with Crippen LogP contribution < -0.4 is 0 Å². The van der Waals surface area contributed by atoms with E-state index in [0.29, 0.717) is 0 Å². The number of fused-ring (bicyclic) bond motifs is 4. The molecule has 1 radical (unpaired) electrons. The van der Waals surface area contributed by atoms with E-state index in [2.05, 4.69) is 74.1 Å². The number of aryl methyl sites for hydroxylation is 5. The van der Waals surface area contributed by atoms with Gasteiger partial charge in [-0.25, -0.2) is 0 Å². The molecule has 0 fully saturated rings. The number of nitrogens with zero attached hydrogens (tertiary/aromatic N) is 2. The van der Waals surface area contributed by atoms with Gasteiger partial charge in [-0.3, -0.25) is 0 Å². The zero-order valence-corrected chi connectivity index (χ0v) is 25.1. The first-order valence-electron chi connectivity index (χ1n) is 13.2. The summed E-state index contributed by atoms with van der Waals surface area (Å²) < 4.78 is 6.04. The molecule has 0 unspecified atom stereocenters. The molecule has 0 atom stereocenters. The average molecular weight is 687 g/mol. The van der Waals surface area contributed by atoms with Crippen LogP contribution in [0, 0.1) is 39.8 Å². The van der Waals surface area contributed by atoms with E-state index < -0.39 is 0 Å². The second-order valence-corrected chi connectivity index (χ2v) is 10.2. The molecule has 0 aliphatic heterocycles. The first-order chi connectivity index (χ1) is 18.5. The van der Waals surface area contributed by atoms with Crippen molar-refractivity contribution < 1.29 is 24.5 Å². The van der Waals surface area contributed by atoms with Crippen molar-refractivity contribution in [1.82, 2.24) is 9.97 Å². The smallest absolute Gasteiger partial charge is 0.120 e. The Morgan fingerprint density at radius 2 is 1.33 bits per heavy atom. The maximum absolute atomic E-state index is 6.04. The van der Waals surface area contributed by atoms with Crippen LogP contribution in [0.2, 0.25) is 0 Å². The monoisotopic (exact) mass is 687 g/mol. The number of aromatic nitrogens is 2. The van der Waals surface area contributed by atoms with Crippen molar-refractivity contribution in [3.63, 3.8) is 0 Å². The first-order valence-corrected chi connectivity index (χ1v) is 13.2. The van der Waals surface area contributed by atoms with E-state index in [-0.39, 0.29) is 20.1 Å². The normalized spacial score (nSPS) is 12.1. The fourth-order valence-electron chi connectivity index (χ4n) is 5.18. The number of pyridine rings is 2. The van der Waals surface area contributed by atoms with Crippen molar-refractivity contribution in [3.8, 4) is 22.5 Å². The van der Waals surface area contributed by atoms with Crippen LogP contribution in [0.15, 0.2) is 77.5 Å². The second-order valence-electron chi connectivity index (χ2n) is 10.2. The van der Waals surface area contributed by atoms with Crippen molar-refractivity contribution in [2.45, 2.75) is 47.0 Å². The number of rotatable bonds is 2. The molecule has 0 amide bonds. The molecule has 0 saturated carbocycles. The molecule has 7 rings (SSSR count). The van der Waals surface area contributed by atoms with Crippen LogP contribution in [0.4, 0.5) is 0 Å². The predicted molar refractivity (Wildman–Crippen MR) is 155 cm³/mol. The molecule has 0 spiro atoms. The van der Waals surface area contributed by atoms with Gasteiger partial charge in [-0.1, -0.05) is 65.3 Å². The SMILES string of the molecule is Cc1cnc(-c2[c-]ccc3c2CCC3)cc1C.Cc1cnc(-c2[c-]ccc3c2oc2ccccc23)cc1C.[Ir]. The fourth-order valence-corrected chi connectivity index (χ4v) is 5.18. The van der Waals surface area contributed by atoms with Crippen LogP contribution in [-0.2, 0) is 32.9 Å². The summed E-state index contributed by atoms with van der Waals surface area (Å²) in [6.07, 6.45) is 7.52. The summed E-state index contributed by atoms with van der Waals surface area (Å²) in [7, 11) is 0. The number of hydrogen-bond donors (Lipinski definition) is 0. The van der Waals surface area contributed by atoms with E-state index in [9.17, 15) is 0 Å². The third-order valence-corrected chi connectivity index (χ3v) is 7.67. The van der Waals surface area contributed by atoms with Gasteiger partial charge in [-0.2, -0.15) is 0 Å². The Balaban J connectivity index is 0.000000157. The van der Waals surface area contributed by atoms with Gasteiger partial charge < -0.3 is 14.4 Å². The van der Waals surface area contributed by atoms with E-state index in [1.54, 1.807) is 0 Å². The molecule has 3 aromatic carbocycles. The Morgan fingerprint density at radius 1 is 0.692 bits per heavy atom. The Labute approximate surface area is 243 Å². The quantitative estimate of drug-likeness (QED) is 0.171. The van der Waals surface area contributed by atoms with Gasteiger partial charge in [0.15, 0.2) is 0 Å². The predicted octanol–water partition coefficient (Wildman–Crippen LogP) is 8.72. The van der Waals surface area contributed by atoms with Crippen molar-refractivity contribution in [2.24, 2.45) is 0 Å². The standard InChI is InChI=1S/C19H14NO.C16H16N.Ir/c1-12-10-17(20-11-13(12)2)16-8-5-7-15-14-6-3-4-9-18(14)21-19(15)16;1-11-9-16(17-10-12(11)2)15-8-4-6-13-5-3-7-14(13)15;/h3-7,9-11H,1-2H3;4,6,9-10H,3,5,7H2,1-2H3;/q2*-1;. The van der Waals surface area contributed by atoms with E-state index in [1.165, 1.54) is 58.2 Å². The molecular weight excluding hydrogens is 657 g/mol. The Hall–Kier alpha value is -3.59. The van der Waals surface area contributed by atoms with Crippen molar-refractivity contribution in [1.29, 1.82) is 0 Å². The molecular formula is C35H30IrN2O-2. The largest absolute Gasteiger partial charge is 0.501 e. The summed E-state index contributed by atoms with van der Waals surface area (Å²) in [6, 6.07) is 27.2.